The molecule has 0 saturated carbocycles. The van der Waals surface area contributed by atoms with E-state index >= 15 is 0 Å². The second-order valence-electron chi connectivity index (χ2n) is 3.91. The van der Waals surface area contributed by atoms with Gasteiger partial charge < -0.3 is 5.73 Å². The molecule has 86 valence electrons. The molecule has 0 aliphatic heterocycles. The minimum atomic E-state index is 0.00213. The van der Waals surface area contributed by atoms with Gasteiger partial charge in [0, 0.05) is 21.3 Å². The van der Waals surface area contributed by atoms with Gasteiger partial charge in [-0.2, -0.15) is 0 Å². The summed E-state index contributed by atoms with van der Waals surface area (Å²) in [5.74, 6) is 0.00213. The molecule has 2 rings (SSSR count). The third-order valence-corrected chi connectivity index (χ3v) is 3.14. The maximum atomic E-state index is 12.3. The maximum Gasteiger partial charge on any atom is 0.193 e. The number of hydrogen-bond donors (Lipinski definition) is 1. The van der Waals surface area contributed by atoms with Crippen molar-refractivity contribution in [2.75, 3.05) is 5.73 Å². The predicted octanol–water partition coefficient (Wildman–Crippen LogP) is 3.57. The van der Waals surface area contributed by atoms with Gasteiger partial charge >= 0.3 is 0 Å². The van der Waals surface area contributed by atoms with E-state index in [0.29, 0.717) is 16.8 Å². The molecule has 0 saturated heterocycles. The summed E-state index contributed by atoms with van der Waals surface area (Å²) in [6.45, 7) is 1.91. The van der Waals surface area contributed by atoms with Gasteiger partial charge in [-0.25, -0.2) is 0 Å². The number of nitrogens with two attached hydrogens (primary N) is 1. The fourth-order valence-electron chi connectivity index (χ4n) is 1.64. The Kier molecular flexibility index (Phi) is 3.29. The van der Waals surface area contributed by atoms with E-state index in [4.69, 9.17) is 5.73 Å². The van der Waals surface area contributed by atoms with Crippen molar-refractivity contribution in [1.29, 1.82) is 0 Å². The van der Waals surface area contributed by atoms with Crippen LogP contribution in [0.15, 0.2) is 46.9 Å². The first kappa shape index (κ1) is 11.9. The third kappa shape index (κ3) is 2.56. The molecule has 0 heterocycles. The number of rotatable bonds is 2. The van der Waals surface area contributed by atoms with Crippen LogP contribution in [0.4, 0.5) is 5.69 Å². The van der Waals surface area contributed by atoms with Gasteiger partial charge in [0.15, 0.2) is 5.78 Å². The van der Waals surface area contributed by atoms with Gasteiger partial charge in [0.25, 0.3) is 0 Å². The molecule has 2 nitrogen and oxygen atoms in total. The van der Waals surface area contributed by atoms with E-state index in [0.717, 1.165) is 10.0 Å². The molecule has 0 unspecified atom stereocenters. The largest absolute Gasteiger partial charge is 0.399 e. The molecule has 0 spiro atoms. The highest BCUT2D eigenvalue weighted by molar-refractivity contribution is 9.10. The second-order valence-corrected chi connectivity index (χ2v) is 4.83. The van der Waals surface area contributed by atoms with Crippen molar-refractivity contribution in [3.63, 3.8) is 0 Å². The van der Waals surface area contributed by atoms with Crippen molar-refractivity contribution in [3.05, 3.63) is 63.6 Å². The van der Waals surface area contributed by atoms with Crippen molar-refractivity contribution < 1.29 is 4.79 Å². The van der Waals surface area contributed by atoms with Gasteiger partial charge in [-0.05, 0) is 48.9 Å². The Labute approximate surface area is 109 Å². The number of anilines is 1. The van der Waals surface area contributed by atoms with Crippen molar-refractivity contribution >= 4 is 27.4 Å². The number of ketones is 1. The van der Waals surface area contributed by atoms with Crippen LogP contribution in [0.25, 0.3) is 0 Å². The molecule has 0 bridgehead atoms. The van der Waals surface area contributed by atoms with E-state index in [1.165, 1.54) is 0 Å². The fraction of sp³-hybridized carbons (Fsp3) is 0.0714. The van der Waals surface area contributed by atoms with Crippen LogP contribution < -0.4 is 5.73 Å². The molecule has 2 aromatic carbocycles. The number of carbonyl (C=O) groups excluding carboxylic acids is 1. The van der Waals surface area contributed by atoms with Crippen molar-refractivity contribution in [1.82, 2.24) is 0 Å². The molecule has 2 N–H and O–H groups in total. The standard InChI is InChI=1S/C14H12BrNO/c1-9-2-7-12(16)8-13(9)14(17)10-3-5-11(15)6-4-10/h2-8H,16H2,1H3. The van der Waals surface area contributed by atoms with Crippen LogP contribution in [0.1, 0.15) is 21.5 Å². The summed E-state index contributed by atoms with van der Waals surface area (Å²) in [4.78, 5) is 12.3. The van der Waals surface area contributed by atoms with Crippen LogP contribution in [0.2, 0.25) is 0 Å². The first-order valence-corrected chi connectivity index (χ1v) is 6.03. The molecule has 2 aromatic rings. The van der Waals surface area contributed by atoms with Crippen LogP contribution in [0, 0.1) is 6.92 Å². The summed E-state index contributed by atoms with van der Waals surface area (Å²) in [7, 11) is 0. The lowest BCUT2D eigenvalue weighted by Gasteiger charge is -2.06. The third-order valence-electron chi connectivity index (χ3n) is 2.61. The SMILES string of the molecule is Cc1ccc(N)cc1C(=O)c1ccc(Br)cc1. The highest BCUT2D eigenvalue weighted by Gasteiger charge is 2.11. The zero-order valence-corrected chi connectivity index (χ0v) is 11.0. The van der Waals surface area contributed by atoms with Crippen LogP contribution in [-0.4, -0.2) is 5.78 Å². The molecule has 0 atom stereocenters. The van der Waals surface area contributed by atoms with Crippen molar-refractivity contribution in [3.8, 4) is 0 Å². The molecule has 3 heteroatoms. The summed E-state index contributed by atoms with van der Waals surface area (Å²) in [5.41, 5.74) is 8.58. The number of nitrogen functional groups attached to an aromatic ring is 1. The molecule has 17 heavy (non-hydrogen) atoms. The highest BCUT2D eigenvalue weighted by Crippen LogP contribution is 2.18. The van der Waals surface area contributed by atoms with Gasteiger partial charge in [0.1, 0.15) is 0 Å². The van der Waals surface area contributed by atoms with Gasteiger partial charge in [-0.3, -0.25) is 4.79 Å². The predicted molar refractivity (Wildman–Crippen MR) is 73.2 cm³/mol. The van der Waals surface area contributed by atoms with Gasteiger partial charge in [-0.15, -0.1) is 0 Å². The Bertz CT molecular complexity index is 561. The molecule has 0 aromatic heterocycles. The quantitative estimate of drug-likeness (QED) is 0.678. The zero-order chi connectivity index (χ0) is 12.4. The number of hydrogen-bond acceptors (Lipinski definition) is 2. The normalized spacial score (nSPS) is 10.2. The Morgan fingerprint density at radius 1 is 1.12 bits per heavy atom. The van der Waals surface area contributed by atoms with Crippen molar-refractivity contribution in [2.45, 2.75) is 6.92 Å². The van der Waals surface area contributed by atoms with E-state index in [-0.39, 0.29) is 5.78 Å². The molecule has 0 amide bonds. The first-order valence-electron chi connectivity index (χ1n) is 5.24. The topological polar surface area (TPSA) is 43.1 Å². The number of carbonyl (C=O) groups is 1. The number of benzene rings is 2. The van der Waals surface area contributed by atoms with E-state index in [1.807, 2.05) is 25.1 Å². The highest BCUT2D eigenvalue weighted by atomic mass is 79.9. The van der Waals surface area contributed by atoms with Gasteiger partial charge in [0.2, 0.25) is 0 Å². The molecule has 0 fully saturated rings. The van der Waals surface area contributed by atoms with Crippen LogP contribution in [-0.2, 0) is 0 Å². The first-order chi connectivity index (χ1) is 8.08. The van der Waals surface area contributed by atoms with Gasteiger partial charge in [-0.1, -0.05) is 22.0 Å². The Balaban J connectivity index is 2.43. The summed E-state index contributed by atoms with van der Waals surface area (Å²) in [6, 6.07) is 12.7. The van der Waals surface area contributed by atoms with E-state index < -0.39 is 0 Å². The van der Waals surface area contributed by atoms with E-state index in [1.54, 1.807) is 24.3 Å². The molecular formula is C14H12BrNO. The Morgan fingerprint density at radius 3 is 2.41 bits per heavy atom. The summed E-state index contributed by atoms with van der Waals surface area (Å²) in [5, 5.41) is 0. The Morgan fingerprint density at radius 2 is 1.76 bits per heavy atom. The maximum absolute atomic E-state index is 12.3. The second kappa shape index (κ2) is 4.72. The summed E-state index contributed by atoms with van der Waals surface area (Å²) < 4.78 is 0.957. The average molecular weight is 290 g/mol. The van der Waals surface area contributed by atoms with Gasteiger partial charge in [0.05, 0.1) is 0 Å². The summed E-state index contributed by atoms with van der Waals surface area (Å²) in [6.07, 6.45) is 0. The lowest BCUT2D eigenvalue weighted by atomic mass is 9.99. The average Bonchev–Trinajstić information content (AvgIpc) is 2.32. The molecule has 0 aliphatic rings. The lowest BCUT2D eigenvalue weighted by Crippen LogP contribution is -2.04. The Hall–Kier alpha value is -1.61. The molecular weight excluding hydrogens is 278 g/mol. The summed E-state index contributed by atoms with van der Waals surface area (Å²) >= 11 is 3.35. The molecule has 0 radical (unpaired) electrons. The monoisotopic (exact) mass is 289 g/mol. The fourth-order valence-corrected chi connectivity index (χ4v) is 1.91. The smallest absolute Gasteiger partial charge is 0.193 e. The minimum Gasteiger partial charge on any atom is -0.399 e. The number of halogens is 1. The number of aryl methyl sites for hydroxylation is 1. The minimum absolute atomic E-state index is 0.00213. The van der Waals surface area contributed by atoms with Crippen LogP contribution in [0.3, 0.4) is 0 Å². The van der Waals surface area contributed by atoms with Crippen molar-refractivity contribution in [2.24, 2.45) is 0 Å². The van der Waals surface area contributed by atoms with Crippen LogP contribution in [0.5, 0.6) is 0 Å². The zero-order valence-electron chi connectivity index (χ0n) is 9.41. The molecule has 0 aliphatic carbocycles. The lowest BCUT2D eigenvalue weighted by molar-refractivity contribution is 0.103. The van der Waals surface area contributed by atoms with E-state index in [2.05, 4.69) is 15.9 Å². The van der Waals surface area contributed by atoms with Crippen LogP contribution >= 0.6 is 15.9 Å². The van der Waals surface area contributed by atoms with E-state index in [9.17, 15) is 4.79 Å².